The Bertz CT molecular complexity index is 817. The molecule has 0 aromatic heterocycles. The van der Waals surface area contributed by atoms with E-state index in [-0.39, 0.29) is 17.9 Å². The smallest absolute Gasteiger partial charge is 0.340 e. The zero-order valence-corrected chi connectivity index (χ0v) is 15.1. The van der Waals surface area contributed by atoms with Crippen LogP contribution in [0.15, 0.2) is 48.5 Å². The monoisotopic (exact) mass is 354 g/mol. The fraction of sp³-hybridized carbons (Fsp3) is 0.250. The predicted molar refractivity (Wildman–Crippen MR) is 100 cm³/mol. The molecule has 0 aliphatic carbocycles. The van der Waals surface area contributed by atoms with Gasteiger partial charge in [-0.3, -0.25) is 9.59 Å². The largest absolute Gasteiger partial charge is 0.462 e. The summed E-state index contributed by atoms with van der Waals surface area (Å²) in [6, 6.07) is 13.8. The van der Waals surface area contributed by atoms with E-state index in [1.807, 2.05) is 25.1 Å². The second-order valence-electron chi connectivity index (χ2n) is 5.61. The number of esters is 1. The summed E-state index contributed by atoms with van der Waals surface area (Å²) < 4.78 is 4.98. The molecule has 26 heavy (non-hydrogen) atoms. The summed E-state index contributed by atoms with van der Waals surface area (Å²) in [5.41, 5.74) is 2.08. The average Bonchev–Trinajstić information content (AvgIpc) is 2.63. The molecule has 0 saturated carbocycles. The van der Waals surface area contributed by atoms with Crippen molar-refractivity contribution in [2.75, 3.05) is 23.4 Å². The first kappa shape index (κ1) is 19.2. The number of carbonyl (C=O) groups is 3. The van der Waals surface area contributed by atoms with Gasteiger partial charge in [-0.25, -0.2) is 4.79 Å². The lowest BCUT2D eigenvalue weighted by atomic mass is 10.1. The van der Waals surface area contributed by atoms with Crippen molar-refractivity contribution in [2.24, 2.45) is 0 Å². The van der Waals surface area contributed by atoms with Gasteiger partial charge in [0.05, 0.1) is 17.9 Å². The number of rotatable bonds is 5. The van der Waals surface area contributed by atoms with Crippen LogP contribution >= 0.6 is 0 Å². The van der Waals surface area contributed by atoms with Crippen LogP contribution in [0.1, 0.15) is 29.8 Å². The summed E-state index contributed by atoms with van der Waals surface area (Å²) in [4.78, 5) is 38.4. The van der Waals surface area contributed by atoms with E-state index in [0.29, 0.717) is 12.2 Å². The molecule has 136 valence electrons. The van der Waals surface area contributed by atoms with Gasteiger partial charge in [0.15, 0.2) is 0 Å². The maximum Gasteiger partial charge on any atom is 0.340 e. The van der Waals surface area contributed by atoms with Gasteiger partial charge in [-0.15, -0.1) is 0 Å². The zero-order valence-electron chi connectivity index (χ0n) is 15.1. The van der Waals surface area contributed by atoms with Crippen LogP contribution in [-0.2, 0) is 14.3 Å². The minimum absolute atomic E-state index is 0.203. The van der Waals surface area contributed by atoms with Gasteiger partial charge in [-0.2, -0.15) is 0 Å². The SMILES string of the molecule is CCOC(=O)c1ccccc1NC(=O)C(=O)N(CC)c1cccc(C)c1. The molecular formula is C20H22N2O4. The molecule has 2 aromatic rings. The van der Waals surface area contributed by atoms with Crippen molar-refractivity contribution in [3.8, 4) is 0 Å². The van der Waals surface area contributed by atoms with E-state index in [2.05, 4.69) is 5.32 Å². The molecule has 0 heterocycles. The summed E-state index contributed by atoms with van der Waals surface area (Å²) in [5, 5.41) is 2.52. The third-order valence-corrected chi connectivity index (χ3v) is 3.74. The molecule has 2 amide bonds. The number of carbonyl (C=O) groups excluding carboxylic acids is 3. The number of likely N-dealkylation sites (N-methyl/N-ethyl adjacent to an activating group) is 1. The number of hydrogen-bond donors (Lipinski definition) is 1. The van der Waals surface area contributed by atoms with Crippen molar-refractivity contribution in [2.45, 2.75) is 20.8 Å². The molecule has 0 aliphatic rings. The fourth-order valence-corrected chi connectivity index (χ4v) is 2.52. The molecule has 0 aliphatic heterocycles. The van der Waals surface area contributed by atoms with E-state index >= 15 is 0 Å². The summed E-state index contributed by atoms with van der Waals surface area (Å²) in [7, 11) is 0. The molecule has 6 heteroatoms. The van der Waals surface area contributed by atoms with E-state index < -0.39 is 17.8 Å². The minimum Gasteiger partial charge on any atom is -0.462 e. The number of hydrogen-bond acceptors (Lipinski definition) is 4. The molecule has 0 spiro atoms. The van der Waals surface area contributed by atoms with E-state index in [9.17, 15) is 14.4 Å². The molecular weight excluding hydrogens is 332 g/mol. The molecule has 0 fully saturated rings. The number of anilines is 2. The van der Waals surface area contributed by atoms with Crippen molar-refractivity contribution in [1.82, 2.24) is 0 Å². The van der Waals surface area contributed by atoms with Crippen molar-refractivity contribution in [3.63, 3.8) is 0 Å². The maximum atomic E-state index is 12.6. The highest BCUT2D eigenvalue weighted by Crippen LogP contribution is 2.19. The maximum absolute atomic E-state index is 12.6. The van der Waals surface area contributed by atoms with Gasteiger partial charge in [0, 0.05) is 12.2 Å². The van der Waals surface area contributed by atoms with Gasteiger partial charge in [-0.05, 0) is 50.6 Å². The van der Waals surface area contributed by atoms with Crippen molar-refractivity contribution >= 4 is 29.2 Å². The molecule has 0 unspecified atom stereocenters. The first-order valence-electron chi connectivity index (χ1n) is 8.43. The average molecular weight is 354 g/mol. The summed E-state index contributed by atoms with van der Waals surface area (Å²) >= 11 is 0. The van der Waals surface area contributed by atoms with Crippen LogP contribution in [0.25, 0.3) is 0 Å². The molecule has 0 radical (unpaired) electrons. The van der Waals surface area contributed by atoms with E-state index in [1.165, 1.54) is 11.0 Å². The van der Waals surface area contributed by atoms with Crippen molar-refractivity contribution in [3.05, 3.63) is 59.7 Å². The second kappa shape index (κ2) is 8.80. The third-order valence-electron chi connectivity index (χ3n) is 3.74. The van der Waals surface area contributed by atoms with Gasteiger partial charge < -0.3 is 15.0 Å². The summed E-state index contributed by atoms with van der Waals surface area (Å²) in [5.74, 6) is -2.07. The lowest BCUT2D eigenvalue weighted by molar-refractivity contribution is -0.134. The molecule has 2 rings (SSSR count). The number of nitrogens with zero attached hydrogens (tertiary/aromatic N) is 1. The molecule has 1 N–H and O–H groups in total. The van der Waals surface area contributed by atoms with Crippen LogP contribution in [0.5, 0.6) is 0 Å². The van der Waals surface area contributed by atoms with Gasteiger partial charge in [0.1, 0.15) is 0 Å². The highest BCUT2D eigenvalue weighted by atomic mass is 16.5. The van der Waals surface area contributed by atoms with Gasteiger partial charge in [-0.1, -0.05) is 24.3 Å². The summed E-state index contributed by atoms with van der Waals surface area (Å²) in [6.07, 6.45) is 0. The zero-order chi connectivity index (χ0) is 19.1. The van der Waals surface area contributed by atoms with E-state index in [4.69, 9.17) is 4.74 Å². The van der Waals surface area contributed by atoms with Crippen LogP contribution in [0.4, 0.5) is 11.4 Å². The van der Waals surface area contributed by atoms with Crippen LogP contribution in [-0.4, -0.2) is 30.9 Å². The van der Waals surface area contributed by atoms with Crippen molar-refractivity contribution in [1.29, 1.82) is 0 Å². The number of para-hydroxylation sites is 1. The van der Waals surface area contributed by atoms with Gasteiger partial charge in [0.2, 0.25) is 0 Å². The highest BCUT2D eigenvalue weighted by Gasteiger charge is 2.24. The minimum atomic E-state index is -0.815. The third kappa shape index (κ3) is 4.47. The number of amides is 2. The standard InChI is InChI=1S/C20H22N2O4/c1-4-22(15-10-8-9-14(3)13-15)19(24)18(23)21-17-12-7-6-11-16(17)20(25)26-5-2/h6-13H,4-5H2,1-3H3,(H,21,23). The quantitative estimate of drug-likeness (QED) is 0.661. The normalized spacial score (nSPS) is 10.1. The molecule has 6 nitrogen and oxygen atoms in total. The second-order valence-corrected chi connectivity index (χ2v) is 5.61. The summed E-state index contributed by atoms with van der Waals surface area (Å²) in [6.45, 7) is 5.97. The molecule has 2 aromatic carbocycles. The molecule has 0 saturated heterocycles. The van der Waals surface area contributed by atoms with E-state index in [0.717, 1.165) is 5.56 Å². The Hall–Kier alpha value is -3.15. The van der Waals surface area contributed by atoms with Crippen LogP contribution in [0, 0.1) is 6.92 Å². The molecule has 0 atom stereocenters. The van der Waals surface area contributed by atoms with E-state index in [1.54, 1.807) is 38.1 Å². The van der Waals surface area contributed by atoms with Crippen molar-refractivity contribution < 1.29 is 19.1 Å². The topological polar surface area (TPSA) is 75.7 Å². The number of aryl methyl sites for hydroxylation is 1. The number of benzene rings is 2. The Morgan fingerprint density at radius 1 is 1.04 bits per heavy atom. The van der Waals surface area contributed by atoms with Crippen LogP contribution in [0.2, 0.25) is 0 Å². The van der Waals surface area contributed by atoms with Crippen LogP contribution < -0.4 is 10.2 Å². The lowest BCUT2D eigenvalue weighted by Crippen LogP contribution is -2.40. The first-order chi connectivity index (χ1) is 12.5. The van der Waals surface area contributed by atoms with Gasteiger partial charge >= 0.3 is 17.8 Å². The Morgan fingerprint density at radius 3 is 2.42 bits per heavy atom. The predicted octanol–water partition coefficient (Wildman–Crippen LogP) is 3.16. The Labute approximate surface area is 152 Å². The Morgan fingerprint density at radius 2 is 1.77 bits per heavy atom. The lowest BCUT2D eigenvalue weighted by Gasteiger charge is -2.21. The first-order valence-corrected chi connectivity index (χ1v) is 8.43. The van der Waals surface area contributed by atoms with Gasteiger partial charge in [0.25, 0.3) is 0 Å². The highest BCUT2D eigenvalue weighted by molar-refractivity contribution is 6.44. The number of nitrogens with one attached hydrogen (secondary N) is 1. The number of ether oxygens (including phenoxy) is 1. The Balaban J connectivity index is 2.21. The Kier molecular flexibility index (Phi) is 6.49. The fourth-order valence-electron chi connectivity index (χ4n) is 2.52. The molecule has 0 bridgehead atoms. The van der Waals surface area contributed by atoms with Crippen LogP contribution in [0.3, 0.4) is 0 Å².